The van der Waals surface area contributed by atoms with Crippen molar-refractivity contribution in [2.75, 3.05) is 6.61 Å². The first kappa shape index (κ1) is 21.6. The minimum atomic E-state index is -5.74. The number of fused-ring (bicyclic) bond motifs is 3. The smallest absolute Gasteiger partial charge is 0.485 e. The van der Waals surface area contributed by atoms with Crippen LogP contribution in [0.3, 0.4) is 0 Å². The van der Waals surface area contributed by atoms with Crippen LogP contribution in [0.5, 0.6) is 17.2 Å². The van der Waals surface area contributed by atoms with Crippen LogP contribution in [0.4, 0.5) is 13.2 Å². The van der Waals surface area contributed by atoms with Crippen molar-refractivity contribution in [1.82, 2.24) is 4.90 Å². The average Bonchev–Trinajstić information content (AvgIpc) is 2.76. The number of para-hydroxylation sites is 2. The molecule has 7 nitrogen and oxygen atoms in total. The molecular formula is C23H20F3NO6S. The largest absolute Gasteiger partial charge is 0.534 e. The summed E-state index contributed by atoms with van der Waals surface area (Å²) in [5.41, 5.74) is -4.24. The Bertz CT molecular complexity index is 1310. The van der Waals surface area contributed by atoms with Gasteiger partial charge in [-0.1, -0.05) is 25.1 Å². The predicted molar refractivity (Wildman–Crippen MR) is 112 cm³/mol. The van der Waals surface area contributed by atoms with Crippen molar-refractivity contribution in [3.8, 4) is 17.2 Å². The van der Waals surface area contributed by atoms with E-state index in [1.165, 1.54) is 12.1 Å². The molecule has 2 aliphatic heterocycles. The van der Waals surface area contributed by atoms with E-state index in [2.05, 4.69) is 4.18 Å². The van der Waals surface area contributed by atoms with Crippen LogP contribution in [0.2, 0.25) is 0 Å². The molecule has 2 heterocycles. The Morgan fingerprint density at radius 2 is 1.88 bits per heavy atom. The summed E-state index contributed by atoms with van der Waals surface area (Å²) in [4.78, 5) is 15.2. The lowest BCUT2D eigenvalue weighted by molar-refractivity contribution is -0.201. The molecule has 0 radical (unpaired) electrons. The van der Waals surface area contributed by atoms with Crippen LogP contribution >= 0.6 is 0 Å². The Hall–Kier alpha value is -2.95. The summed E-state index contributed by atoms with van der Waals surface area (Å²) in [6.07, 6.45) is 0.397. The predicted octanol–water partition coefficient (Wildman–Crippen LogP) is 3.17. The van der Waals surface area contributed by atoms with E-state index in [0.29, 0.717) is 24.3 Å². The van der Waals surface area contributed by atoms with Gasteiger partial charge in [0, 0.05) is 23.4 Å². The van der Waals surface area contributed by atoms with Crippen LogP contribution in [0, 0.1) is 5.92 Å². The van der Waals surface area contributed by atoms with E-state index in [-0.39, 0.29) is 41.7 Å². The summed E-state index contributed by atoms with van der Waals surface area (Å²) >= 11 is 0. The first-order chi connectivity index (χ1) is 16.0. The van der Waals surface area contributed by atoms with E-state index in [4.69, 9.17) is 9.47 Å². The second-order valence-corrected chi connectivity index (χ2v) is 10.9. The zero-order valence-corrected chi connectivity index (χ0v) is 18.7. The fourth-order valence-electron chi connectivity index (χ4n) is 6.10. The van der Waals surface area contributed by atoms with E-state index < -0.39 is 21.7 Å². The lowest BCUT2D eigenvalue weighted by Crippen LogP contribution is -2.81. The summed E-state index contributed by atoms with van der Waals surface area (Å²) in [7, 11) is -5.74. The van der Waals surface area contributed by atoms with E-state index >= 15 is 0 Å². The molecule has 34 heavy (non-hydrogen) atoms. The number of amides is 1. The molecule has 1 amide bonds. The number of piperidine rings is 1. The third kappa shape index (κ3) is 2.88. The van der Waals surface area contributed by atoms with Crippen molar-refractivity contribution in [3.63, 3.8) is 0 Å². The Balaban J connectivity index is 1.23. The normalized spacial score (nSPS) is 30.9. The standard InChI is InChI=1S/C23H20F3NO6S/c1-22-10-16-20(22)15(27(16)21(28)19-11-31-17-4-2-3-5-18(17)32-19)8-12-6-7-13(9-14(12)22)33-34(29,30)23(24,25)26/h2-7,9,15-16,19-20H,8,10-11H2,1H3/t15-,16?,19-,20-,22+/m1/s1. The number of rotatable bonds is 3. The maximum absolute atomic E-state index is 13.3. The van der Waals surface area contributed by atoms with E-state index in [1.807, 2.05) is 24.0 Å². The molecule has 2 aromatic rings. The van der Waals surface area contributed by atoms with Gasteiger partial charge in [-0.05, 0) is 48.2 Å². The molecule has 0 aromatic heterocycles. The molecule has 2 aliphatic carbocycles. The molecule has 6 rings (SSSR count). The third-order valence-corrected chi connectivity index (χ3v) is 8.54. The van der Waals surface area contributed by atoms with Gasteiger partial charge in [-0.3, -0.25) is 4.79 Å². The second kappa shape index (κ2) is 6.80. The number of halogens is 3. The Morgan fingerprint density at radius 3 is 2.62 bits per heavy atom. The molecule has 180 valence electrons. The van der Waals surface area contributed by atoms with Crippen LogP contribution in [0.1, 0.15) is 24.5 Å². The number of carbonyl (C=O) groups is 1. The minimum absolute atomic E-state index is 0.0000902. The molecule has 4 aliphatic rings. The molecule has 0 spiro atoms. The number of carbonyl (C=O) groups excluding carboxylic acids is 1. The Morgan fingerprint density at radius 1 is 1.15 bits per heavy atom. The minimum Gasteiger partial charge on any atom is -0.485 e. The quantitative estimate of drug-likeness (QED) is 0.481. The molecule has 11 heteroatoms. The Labute approximate surface area is 193 Å². The zero-order valence-electron chi connectivity index (χ0n) is 17.9. The van der Waals surface area contributed by atoms with E-state index in [0.717, 1.165) is 11.1 Å². The molecular weight excluding hydrogens is 475 g/mol. The van der Waals surface area contributed by atoms with Crippen molar-refractivity contribution in [2.45, 2.75) is 48.9 Å². The van der Waals surface area contributed by atoms with Crippen molar-refractivity contribution in [2.24, 2.45) is 5.92 Å². The molecule has 1 saturated heterocycles. The SMILES string of the molecule is C[C@@]12CC3[C@H]1[C@@H](Cc1ccc(OS(=O)(=O)C(F)(F)F)cc12)N3C(=O)[C@H]1COc2ccccc2O1. The van der Waals surface area contributed by atoms with E-state index in [1.54, 1.807) is 18.2 Å². The van der Waals surface area contributed by atoms with Gasteiger partial charge in [0.25, 0.3) is 5.91 Å². The number of hydrogen-bond acceptors (Lipinski definition) is 6. The summed E-state index contributed by atoms with van der Waals surface area (Å²) in [6, 6.07) is 11.3. The summed E-state index contributed by atoms with van der Waals surface area (Å²) in [5, 5.41) is 0. The van der Waals surface area contributed by atoms with Gasteiger partial charge < -0.3 is 18.6 Å². The first-order valence-corrected chi connectivity index (χ1v) is 12.3. The van der Waals surface area contributed by atoms with Gasteiger partial charge in [0.15, 0.2) is 11.5 Å². The fraction of sp³-hybridized carbons (Fsp3) is 0.435. The fourth-order valence-corrected chi connectivity index (χ4v) is 6.55. The lowest BCUT2D eigenvalue weighted by Gasteiger charge is -2.73. The van der Waals surface area contributed by atoms with Crippen LogP contribution in [0.25, 0.3) is 0 Å². The first-order valence-electron chi connectivity index (χ1n) is 10.8. The number of ether oxygens (including phenoxy) is 2. The van der Waals surface area contributed by atoms with E-state index in [9.17, 15) is 26.4 Å². The van der Waals surface area contributed by atoms with Gasteiger partial charge in [-0.2, -0.15) is 21.6 Å². The molecule has 2 fully saturated rings. The molecule has 0 N–H and O–H groups in total. The molecule has 1 unspecified atom stereocenters. The zero-order chi connectivity index (χ0) is 24.0. The number of likely N-dealkylation sites (tertiary alicyclic amines) is 1. The summed E-state index contributed by atoms with van der Waals surface area (Å²) < 4.78 is 77.0. The average molecular weight is 495 g/mol. The molecule has 1 saturated carbocycles. The van der Waals surface area contributed by atoms with Crippen LogP contribution in [-0.2, 0) is 26.7 Å². The van der Waals surface area contributed by atoms with Crippen molar-refractivity contribution in [1.29, 1.82) is 0 Å². The summed E-state index contributed by atoms with van der Waals surface area (Å²) in [6.45, 7) is 2.12. The maximum atomic E-state index is 13.3. The molecule has 5 atom stereocenters. The van der Waals surface area contributed by atoms with Gasteiger partial charge in [-0.15, -0.1) is 0 Å². The monoisotopic (exact) mass is 495 g/mol. The van der Waals surface area contributed by atoms with Crippen LogP contribution in [0.15, 0.2) is 42.5 Å². The van der Waals surface area contributed by atoms with Gasteiger partial charge in [-0.25, -0.2) is 0 Å². The van der Waals surface area contributed by atoms with Gasteiger partial charge >= 0.3 is 15.6 Å². The molecule has 0 bridgehead atoms. The molecule has 2 aromatic carbocycles. The Kier molecular flexibility index (Phi) is 4.32. The highest BCUT2D eigenvalue weighted by Crippen LogP contribution is 2.64. The van der Waals surface area contributed by atoms with Gasteiger partial charge in [0.1, 0.15) is 12.4 Å². The van der Waals surface area contributed by atoms with Gasteiger partial charge in [0.2, 0.25) is 6.10 Å². The van der Waals surface area contributed by atoms with Crippen LogP contribution in [-0.4, -0.2) is 49.5 Å². The van der Waals surface area contributed by atoms with Crippen molar-refractivity contribution in [3.05, 3.63) is 53.6 Å². The van der Waals surface area contributed by atoms with Crippen molar-refractivity contribution < 1.29 is 40.0 Å². The lowest BCUT2D eigenvalue weighted by atomic mass is 9.43. The second-order valence-electron chi connectivity index (χ2n) is 9.40. The van der Waals surface area contributed by atoms with Gasteiger partial charge in [0.05, 0.1) is 0 Å². The van der Waals surface area contributed by atoms with Crippen molar-refractivity contribution >= 4 is 16.0 Å². The van der Waals surface area contributed by atoms with Crippen LogP contribution < -0.4 is 13.7 Å². The number of hydrogen-bond donors (Lipinski definition) is 0. The maximum Gasteiger partial charge on any atom is 0.534 e. The summed E-state index contributed by atoms with van der Waals surface area (Å²) in [5.74, 6) is 0.759. The topological polar surface area (TPSA) is 82.1 Å². The third-order valence-electron chi connectivity index (χ3n) is 7.57. The number of alkyl halides is 3. The number of nitrogens with zero attached hydrogens (tertiary/aromatic N) is 1. The highest BCUT2D eigenvalue weighted by atomic mass is 32.2. The highest BCUT2D eigenvalue weighted by Gasteiger charge is 2.69. The highest BCUT2D eigenvalue weighted by molar-refractivity contribution is 7.88. The number of benzene rings is 2.